The van der Waals surface area contributed by atoms with E-state index in [1.54, 1.807) is 18.0 Å². The monoisotopic (exact) mass is 269 g/mol. The first kappa shape index (κ1) is 13.5. The van der Waals surface area contributed by atoms with E-state index >= 15 is 0 Å². The first-order chi connectivity index (χ1) is 8.55. The summed E-state index contributed by atoms with van der Waals surface area (Å²) < 4.78 is 10.1. The van der Waals surface area contributed by atoms with Gasteiger partial charge in [0.15, 0.2) is 0 Å². The maximum absolute atomic E-state index is 11.7. The topological polar surface area (TPSA) is 65.5 Å². The van der Waals surface area contributed by atoms with Gasteiger partial charge in [0.1, 0.15) is 11.3 Å². The Morgan fingerprint density at radius 2 is 2.44 bits per heavy atom. The summed E-state index contributed by atoms with van der Waals surface area (Å²) >= 11 is 1.75. The molecule has 0 saturated heterocycles. The lowest BCUT2D eigenvalue weighted by Gasteiger charge is -2.35. The van der Waals surface area contributed by atoms with Gasteiger partial charge >= 0.3 is 5.97 Å². The van der Waals surface area contributed by atoms with Crippen molar-refractivity contribution < 1.29 is 13.9 Å². The van der Waals surface area contributed by atoms with Gasteiger partial charge in [-0.05, 0) is 38.7 Å². The van der Waals surface area contributed by atoms with Crippen molar-refractivity contribution in [3.63, 3.8) is 0 Å². The third-order valence-corrected chi connectivity index (χ3v) is 4.85. The quantitative estimate of drug-likeness (QED) is 0.854. The lowest BCUT2D eigenvalue weighted by Crippen LogP contribution is -2.52. The van der Waals surface area contributed by atoms with Crippen LogP contribution >= 0.6 is 11.8 Å². The first-order valence-electron chi connectivity index (χ1n) is 6.13. The van der Waals surface area contributed by atoms with Crippen molar-refractivity contribution in [1.29, 1.82) is 0 Å². The highest BCUT2D eigenvalue weighted by Gasteiger charge is 2.40. The van der Waals surface area contributed by atoms with Gasteiger partial charge in [0.25, 0.3) is 0 Å². The smallest absolute Gasteiger partial charge is 0.325 e. The Morgan fingerprint density at radius 1 is 1.67 bits per heavy atom. The lowest BCUT2D eigenvalue weighted by atomic mass is 9.82. The van der Waals surface area contributed by atoms with Crippen LogP contribution in [0.4, 0.5) is 0 Å². The van der Waals surface area contributed by atoms with Crippen molar-refractivity contribution in [2.24, 2.45) is 5.73 Å². The Balaban J connectivity index is 2.03. The Bertz CT molecular complexity index is 432. The van der Waals surface area contributed by atoms with E-state index in [-0.39, 0.29) is 5.97 Å². The zero-order chi connectivity index (χ0) is 13.2. The summed E-state index contributed by atoms with van der Waals surface area (Å²) in [4.78, 5) is 12.9. The second kappa shape index (κ2) is 5.36. The van der Waals surface area contributed by atoms with Crippen LogP contribution < -0.4 is 5.73 Å². The van der Waals surface area contributed by atoms with E-state index in [1.165, 1.54) is 7.11 Å². The molecule has 1 aliphatic carbocycles. The molecule has 0 aromatic carbocycles. The Labute approximate surface area is 111 Å². The fourth-order valence-corrected chi connectivity index (χ4v) is 3.79. The van der Waals surface area contributed by atoms with E-state index in [4.69, 9.17) is 14.9 Å². The molecule has 2 N–H and O–H groups in total. The average Bonchev–Trinajstić information content (AvgIpc) is 2.74. The number of ether oxygens (including phenoxy) is 1. The molecule has 1 heterocycles. The summed E-state index contributed by atoms with van der Waals surface area (Å²) in [6.45, 7) is 1.95. The number of nitrogens with two attached hydrogens (primary N) is 1. The fraction of sp³-hybridized carbons (Fsp3) is 0.615. The number of carbonyl (C=O) groups is 1. The molecule has 1 aliphatic rings. The first-order valence-corrected chi connectivity index (χ1v) is 7.01. The summed E-state index contributed by atoms with van der Waals surface area (Å²) in [5.41, 5.74) is 5.34. The maximum Gasteiger partial charge on any atom is 0.325 e. The Hall–Kier alpha value is -0.940. The summed E-state index contributed by atoms with van der Waals surface area (Å²) in [6.07, 6.45) is 5.10. The van der Waals surface area contributed by atoms with Crippen molar-refractivity contribution in [3.05, 3.63) is 18.1 Å². The molecule has 100 valence electrons. The van der Waals surface area contributed by atoms with E-state index in [0.29, 0.717) is 18.1 Å². The van der Waals surface area contributed by atoms with E-state index in [0.717, 1.165) is 23.5 Å². The molecule has 0 aliphatic heterocycles. The Kier molecular flexibility index (Phi) is 4.02. The van der Waals surface area contributed by atoms with Crippen LogP contribution in [0.1, 0.15) is 31.4 Å². The molecule has 4 nitrogen and oxygen atoms in total. The SMILES string of the molecule is COC(=O)C1(N)CCCC(Sc2ccoc2C)C1. The molecule has 0 radical (unpaired) electrons. The van der Waals surface area contributed by atoms with Gasteiger partial charge in [-0.1, -0.05) is 0 Å². The van der Waals surface area contributed by atoms with Crippen LogP contribution in [0.2, 0.25) is 0 Å². The van der Waals surface area contributed by atoms with Gasteiger partial charge < -0.3 is 14.9 Å². The summed E-state index contributed by atoms with van der Waals surface area (Å²) in [6, 6.07) is 1.96. The summed E-state index contributed by atoms with van der Waals surface area (Å²) in [7, 11) is 1.40. The number of esters is 1. The van der Waals surface area contributed by atoms with Crippen LogP contribution in [0.15, 0.2) is 21.6 Å². The molecule has 0 amide bonds. The molecule has 2 unspecified atom stereocenters. The van der Waals surface area contributed by atoms with E-state index in [2.05, 4.69) is 0 Å². The molecular weight excluding hydrogens is 250 g/mol. The number of methoxy groups -OCH3 is 1. The minimum atomic E-state index is -0.817. The number of thioether (sulfide) groups is 1. The number of furan rings is 1. The summed E-state index contributed by atoms with van der Waals surface area (Å²) in [5, 5.41) is 0.346. The molecule has 5 heteroatoms. The van der Waals surface area contributed by atoms with Crippen LogP contribution in [0, 0.1) is 6.92 Å². The van der Waals surface area contributed by atoms with Crippen molar-refractivity contribution in [3.8, 4) is 0 Å². The van der Waals surface area contributed by atoms with Crippen LogP contribution in [0.3, 0.4) is 0 Å². The van der Waals surface area contributed by atoms with Gasteiger partial charge in [-0.3, -0.25) is 4.79 Å². The predicted molar refractivity (Wildman–Crippen MR) is 70.5 cm³/mol. The van der Waals surface area contributed by atoms with Gasteiger partial charge in [0, 0.05) is 10.1 Å². The second-order valence-electron chi connectivity index (χ2n) is 4.82. The van der Waals surface area contributed by atoms with Crippen LogP contribution in [0.5, 0.6) is 0 Å². The number of rotatable bonds is 3. The van der Waals surface area contributed by atoms with Gasteiger partial charge in [0.05, 0.1) is 13.4 Å². The minimum Gasteiger partial charge on any atom is -0.468 e. The molecule has 18 heavy (non-hydrogen) atoms. The summed E-state index contributed by atoms with van der Waals surface area (Å²) in [5.74, 6) is 0.628. The van der Waals surface area contributed by atoms with Crippen molar-refractivity contribution in [2.75, 3.05) is 7.11 Å². The van der Waals surface area contributed by atoms with Crippen molar-refractivity contribution in [1.82, 2.24) is 0 Å². The van der Waals surface area contributed by atoms with E-state index in [1.807, 2.05) is 13.0 Å². The molecule has 1 saturated carbocycles. The largest absolute Gasteiger partial charge is 0.468 e. The number of hydrogen-bond donors (Lipinski definition) is 1. The Morgan fingerprint density at radius 3 is 3.06 bits per heavy atom. The van der Waals surface area contributed by atoms with Crippen molar-refractivity contribution in [2.45, 2.75) is 48.3 Å². The van der Waals surface area contributed by atoms with Gasteiger partial charge in [-0.2, -0.15) is 0 Å². The molecule has 2 atom stereocenters. The molecule has 0 spiro atoms. The number of aryl methyl sites for hydroxylation is 1. The number of hydrogen-bond acceptors (Lipinski definition) is 5. The lowest BCUT2D eigenvalue weighted by molar-refractivity contribution is -0.148. The standard InChI is InChI=1S/C13H19NO3S/c1-9-11(5-7-17-9)18-10-4-3-6-13(14,8-10)12(15)16-2/h5,7,10H,3-4,6,8,14H2,1-2H3. The fourth-order valence-electron chi connectivity index (χ4n) is 2.42. The zero-order valence-electron chi connectivity index (χ0n) is 10.8. The van der Waals surface area contributed by atoms with E-state index < -0.39 is 5.54 Å². The van der Waals surface area contributed by atoms with Crippen LogP contribution in [-0.4, -0.2) is 23.9 Å². The minimum absolute atomic E-state index is 0.295. The molecule has 1 fully saturated rings. The highest BCUT2D eigenvalue weighted by molar-refractivity contribution is 8.00. The normalized spacial score (nSPS) is 28.1. The molecule has 1 aromatic rings. The van der Waals surface area contributed by atoms with Crippen LogP contribution in [0.25, 0.3) is 0 Å². The molecule has 1 aromatic heterocycles. The highest BCUT2D eigenvalue weighted by Crippen LogP contribution is 2.39. The van der Waals surface area contributed by atoms with E-state index in [9.17, 15) is 4.79 Å². The zero-order valence-corrected chi connectivity index (χ0v) is 11.6. The molecule has 2 rings (SSSR count). The van der Waals surface area contributed by atoms with Gasteiger partial charge in [-0.25, -0.2) is 0 Å². The third kappa shape index (κ3) is 2.72. The van der Waals surface area contributed by atoms with Gasteiger partial charge in [-0.15, -0.1) is 11.8 Å². The molecular formula is C13H19NO3S. The second-order valence-corrected chi connectivity index (χ2v) is 6.17. The molecule has 0 bridgehead atoms. The third-order valence-electron chi connectivity index (χ3n) is 3.44. The highest BCUT2D eigenvalue weighted by atomic mass is 32.2. The van der Waals surface area contributed by atoms with Crippen molar-refractivity contribution >= 4 is 17.7 Å². The maximum atomic E-state index is 11.7. The number of carbonyl (C=O) groups excluding carboxylic acids is 1. The average molecular weight is 269 g/mol. The van der Waals surface area contributed by atoms with Gasteiger partial charge in [0.2, 0.25) is 0 Å². The van der Waals surface area contributed by atoms with Crippen LogP contribution in [-0.2, 0) is 9.53 Å². The predicted octanol–water partition coefficient (Wildman–Crippen LogP) is 2.49.